The standard InChI is InChI=1S/C22H19NO2/c1-15(21-14-18-9-5-6-10-20(18)25-21)23(2)22(24)19-12-11-16-7-3-4-8-17(16)13-19/h3-15H,1-2H3. The highest BCUT2D eigenvalue weighted by molar-refractivity contribution is 5.98. The first-order valence-electron chi connectivity index (χ1n) is 8.38. The van der Waals surface area contributed by atoms with Gasteiger partial charge in [0, 0.05) is 18.0 Å². The predicted octanol–water partition coefficient (Wildman–Crippen LogP) is 5.42. The van der Waals surface area contributed by atoms with Crippen LogP contribution in [0.25, 0.3) is 21.7 Å². The molecule has 1 aromatic heterocycles. The summed E-state index contributed by atoms with van der Waals surface area (Å²) >= 11 is 0. The van der Waals surface area contributed by atoms with Gasteiger partial charge in [-0.05, 0) is 42.0 Å². The molecule has 1 amide bonds. The minimum absolute atomic E-state index is 0.0151. The normalized spacial score (nSPS) is 12.4. The lowest BCUT2D eigenvalue weighted by atomic mass is 10.1. The number of amides is 1. The number of carbonyl (C=O) groups is 1. The molecule has 124 valence electrons. The van der Waals surface area contributed by atoms with Gasteiger partial charge in [-0.25, -0.2) is 0 Å². The van der Waals surface area contributed by atoms with Gasteiger partial charge in [0.15, 0.2) is 0 Å². The highest BCUT2D eigenvalue weighted by Gasteiger charge is 2.22. The molecule has 0 fully saturated rings. The second-order valence-corrected chi connectivity index (χ2v) is 6.34. The van der Waals surface area contributed by atoms with Gasteiger partial charge in [-0.1, -0.05) is 48.5 Å². The average molecular weight is 329 g/mol. The number of nitrogens with zero attached hydrogens (tertiary/aromatic N) is 1. The fourth-order valence-corrected chi connectivity index (χ4v) is 3.10. The van der Waals surface area contributed by atoms with Crippen molar-refractivity contribution < 1.29 is 9.21 Å². The SMILES string of the molecule is CC(c1cc2ccccc2o1)N(C)C(=O)c1ccc2ccccc2c1. The van der Waals surface area contributed by atoms with Crippen LogP contribution in [0.5, 0.6) is 0 Å². The van der Waals surface area contributed by atoms with Crippen LogP contribution in [0.4, 0.5) is 0 Å². The molecular formula is C22H19NO2. The van der Waals surface area contributed by atoms with Crippen LogP contribution in [-0.4, -0.2) is 17.9 Å². The third kappa shape index (κ3) is 2.78. The zero-order valence-electron chi connectivity index (χ0n) is 14.3. The van der Waals surface area contributed by atoms with E-state index in [1.54, 1.807) is 4.90 Å². The highest BCUT2D eigenvalue weighted by Crippen LogP contribution is 2.28. The van der Waals surface area contributed by atoms with Gasteiger partial charge in [0.25, 0.3) is 5.91 Å². The van der Waals surface area contributed by atoms with Gasteiger partial charge in [0.2, 0.25) is 0 Å². The zero-order valence-corrected chi connectivity index (χ0v) is 14.3. The van der Waals surface area contributed by atoms with Crippen LogP contribution in [0.2, 0.25) is 0 Å². The van der Waals surface area contributed by atoms with E-state index in [0.717, 1.165) is 27.5 Å². The maximum absolute atomic E-state index is 12.9. The number of benzene rings is 3. The van der Waals surface area contributed by atoms with E-state index in [1.807, 2.05) is 86.8 Å². The van der Waals surface area contributed by atoms with Gasteiger partial charge in [-0.15, -0.1) is 0 Å². The molecule has 4 rings (SSSR count). The van der Waals surface area contributed by atoms with Crippen LogP contribution in [0.15, 0.2) is 77.2 Å². The Hall–Kier alpha value is -3.07. The summed E-state index contributed by atoms with van der Waals surface area (Å²) in [5, 5.41) is 3.25. The average Bonchev–Trinajstić information content (AvgIpc) is 3.10. The third-order valence-corrected chi connectivity index (χ3v) is 4.75. The lowest BCUT2D eigenvalue weighted by Crippen LogP contribution is -2.29. The molecule has 3 nitrogen and oxygen atoms in total. The zero-order chi connectivity index (χ0) is 17.4. The minimum atomic E-state index is -0.147. The van der Waals surface area contributed by atoms with E-state index in [0.29, 0.717) is 5.56 Å². The fourth-order valence-electron chi connectivity index (χ4n) is 3.10. The van der Waals surface area contributed by atoms with E-state index in [-0.39, 0.29) is 11.9 Å². The van der Waals surface area contributed by atoms with Crippen LogP contribution >= 0.6 is 0 Å². The summed E-state index contributed by atoms with van der Waals surface area (Å²) in [4.78, 5) is 14.6. The number of rotatable bonds is 3. The first kappa shape index (κ1) is 15.5. The van der Waals surface area contributed by atoms with E-state index in [4.69, 9.17) is 4.42 Å². The molecule has 0 bridgehead atoms. The number of para-hydroxylation sites is 1. The summed E-state index contributed by atoms with van der Waals surface area (Å²) < 4.78 is 5.91. The summed E-state index contributed by atoms with van der Waals surface area (Å²) in [6.07, 6.45) is 0. The molecule has 3 heteroatoms. The highest BCUT2D eigenvalue weighted by atomic mass is 16.3. The summed E-state index contributed by atoms with van der Waals surface area (Å²) in [6.45, 7) is 1.98. The molecule has 1 atom stereocenters. The van der Waals surface area contributed by atoms with Crippen LogP contribution in [-0.2, 0) is 0 Å². The van der Waals surface area contributed by atoms with E-state index < -0.39 is 0 Å². The largest absolute Gasteiger partial charge is 0.459 e. The first-order valence-corrected chi connectivity index (χ1v) is 8.38. The number of furan rings is 1. The van der Waals surface area contributed by atoms with E-state index in [1.165, 1.54) is 0 Å². The van der Waals surface area contributed by atoms with E-state index in [2.05, 4.69) is 0 Å². The molecule has 0 radical (unpaired) electrons. The maximum atomic E-state index is 12.9. The van der Waals surface area contributed by atoms with Crippen LogP contribution in [0, 0.1) is 0 Å². The number of hydrogen-bond donors (Lipinski definition) is 0. The molecule has 0 saturated heterocycles. The van der Waals surface area contributed by atoms with Crippen LogP contribution in [0.3, 0.4) is 0 Å². The number of carbonyl (C=O) groups excluding carboxylic acids is 1. The lowest BCUT2D eigenvalue weighted by Gasteiger charge is -2.23. The van der Waals surface area contributed by atoms with E-state index in [9.17, 15) is 4.79 Å². The monoisotopic (exact) mass is 329 g/mol. The Balaban J connectivity index is 1.63. The molecule has 25 heavy (non-hydrogen) atoms. The molecule has 0 aliphatic heterocycles. The van der Waals surface area contributed by atoms with Crippen molar-refractivity contribution in [2.75, 3.05) is 7.05 Å². The van der Waals surface area contributed by atoms with Crippen molar-refractivity contribution in [1.29, 1.82) is 0 Å². The Morgan fingerprint density at radius 3 is 2.32 bits per heavy atom. The second kappa shape index (κ2) is 6.10. The minimum Gasteiger partial charge on any atom is -0.459 e. The Bertz CT molecular complexity index is 1030. The van der Waals surface area contributed by atoms with Gasteiger partial charge in [0.05, 0.1) is 6.04 Å². The maximum Gasteiger partial charge on any atom is 0.254 e. The van der Waals surface area contributed by atoms with Gasteiger partial charge < -0.3 is 9.32 Å². The van der Waals surface area contributed by atoms with Crippen molar-refractivity contribution in [2.24, 2.45) is 0 Å². The van der Waals surface area contributed by atoms with Crippen molar-refractivity contribution in [1.82, 2.24) is 4.90 Å². The molecule has 1 unspecified atom stereocenters. The van der Waals surface area contributed by atoms with Crippen molar-refractivity contribution in [3.8, 4) is 0 Å². The Morgan fingerprint density at radius 1 is 0.880 bits per heavy atom. The number of hydrogen-bond acceptors (Lipinski definition) is 2. The molecule has 0 spiro atoms. The van der Waals surface area contributed by atoms with E-state index >= 15 is 0 Å². The molecule has 0 N–H and O–H groups in total. The Labute approximate surface area is 146 Å². The quantitative estimate of drug-likeness (QED) is 0.503. The first-order chi connectivity index (χ1) is 12.1. The lowest BCUT2D eigenvalue weighted by molar-refractivity contribution is 0.0727. The summed E-state index contributed by atoms with van der Waals surface area (Å²) in [7, 11) is 1.81. The van der Waals surface area contributed by atoms with Gasteiger partial charge in [-0.3, -0.25) is 4.79 Å². The van der Waals surface area contributed by atoms with Crippen molar-refractivity contribution in [2.45, 2.75) is 13.0 Å². The molecule has 0 aliphatic carbocycles. The predicted molar refractivity (Wildman–Crippen MR) is 101 cm³/mol. The van der Waals surface area contributed by atoms with Crippen LogP contribution < -0.4 is 0 Å². The molecule has 4 aromatic rings. The molecule has 0 aliphatic rings. The van der Waals surface area contributed by atoms with Crippen molar-refractivity contribution in [3.05, 3.63) is 84.1 Å². The van der Waals surface area contributed by atoms with Crippen molar-refractivity contribution >= 4 is 27.6 Å². The molecular weight excluding hydrogens is 310 g/mol. The molecule has 0 saturated carbocycles. The Morgan fingerprint density at radius 2 is 1.56 bits per heavy atom. The summed E-state index contributed by atoms with van der Waals surface area (Å²) in [6, 6.07) is 23.6. The van der Waals surface area contributed by atoms with Crippen molar-refractivity contribution in [3.63, 3.8) is 0 Å². The smallest absolute Gasteiger partial charge is 0.254 e. The van der Waals surface area contributed by atoms with Gasteiger partial charge in [0.1, 0.15) is 11.3 Å². The second-order valence-electron chi connectivity index (χ2n) is 6.34. The summed E-state index contributed by atoms with van der Waals surface area (Å²) in [5.41, 5.74) is 1.53. The number of fused-ring (bicyclic) bond motifs is 2. The molecule has 1 heterocycles. The fraction of sp³-hybridized carbons (Fsp3) is 0.136. The summed E-state index contributed by atoms with van der Waals surface area (Å²) in [5.74, 6) is 0.775. The van der Waals surface area contributed by atoms with Gasteiger partial charge in [-0.2, -0.15) is 0 Å². The third-order valence-electron chi connectivity index (χ3n) is 4.75. The van der Waals surface area contributed by atoms with Gasteiger partial charge >= 0.3 is 0 Å². The Kier molecular flexibility index (Phi) is 3.77. The van der Waals surface area contributed by atoms with Crippen LogP contribution in [0.1, 0.15) is 29.1 Å². The molecule has 3 aromatic carbocycles. The topological polar surface area (TPSA) is 33.5 Å².